The molecule has 0 spiro atoms. The molecule has 31 heavy (non-hydrogen) atoms. The number of furan rings is 1. The first-order valence-corrected chi connectivity index (χ1v) is 10.00. The van der Waals surface area contributed by atoms with E-state index in [1.54, 1.807) is 36.4 Å². The molecular formula is C22H19ClF2N2O4. The molecule has 2 aromatic carbocycles. The van der Waals surface area contributed by atoms with Crippen LogP contribution in [0.2, 0.25) is 5.02 Å². The lowest BCUT2D eigenvalue weighted by Crippen LogP contribution is -2.42. The van der Waals surface area contributed by atoms with Crippen LogP contribution in [0.25, 0.3) is 22.1 Å². The number of likely N-dealkylation sites (tertiary alicyclic amines) is 1. The number of piperidine rings is 1. The van der Waals surface area contributed by atoms with Crippen LogP contribution in [0.4, 0.5) is 19.5 Å². The monoisotopic (exact) mass is 448 g/mol. The molecule has 1 aliphatic rings. The Kier molecular flexibility index (Phi) is 5.35. The second-order valence-electron chi connectivity index (χ2n) is 7.53. The SMILES string of the molecule is CN(C(=O)O)c1cc2cc(-c3ccc(C(=O)N4CCC(F)(F)CC4)cc3)cc(Cl)c2o1. The molecule has 6 nitrogen and oxygen atoms in total. The Bertz CT molecular complexity index is 1150. The first-order chi connectivity index (χ1) is 14.6. The van der Waals surface area contributed by atoms with E-state index in [0.717, 1.165) is 16.0 Å². The van der Waals surface area contributed by atoms with Gasteiger partial charge in [-0.05, 0) is 35.4 Å². The largest absolute Gasteiger partial charge is 0.465 e. The van der Waals surface area contributed by atoms with Crippen LogP contribution in [0.15, 0.2) is 46.9 Å². The average molecular weight is 449 g/mol. The third-order valence-corrected chi connectivity index (χ3v) is 5.70. The highest BCUT2D eigenvalue weighted by molar-refractivity contribution is 6.35. The highest BCUT2D eigenvalue weighted by Crippen LogP contribution is 2.35. The quantitative estimate of drug-likeness (QED) is 0.554. The third-order valence-electron chi connectivity index (χ3n) is 5.42. The van der Waals surface area contributed by atoms with Gasteiger partial charge in [0, 0.05) is 50.0 Å². The predicted octanol–water partition coefficient (Wildman–Crippen LogP) is 5.74. The van der Waals surface area contributed by atoms with Gasteiger partial charge in [-0.1, -0.05) is 23.7 Å². The summed E-state index contributed by atoms with van der Waals surface area (Å²) in [5, 5.41) is 10.1. The number of halogens is 3. The van der Waals surface area contributed by atoms with Crippen LogP contribution in [-0.4, -0.2) is 48.1 Å². The normalized spacial score (nSPS) is 15.8. The smallest absolute Gasteiger partial charge is 0.413 e. The molecule has 162 valence electrons. The van der Waals surface area contributed by atoms with E-state index in [4.69, 9.17) is 21.1 Å². The van der Waals surface area contributed by atoms with Gasteiger partial charge < -0.3 is 14.4 Å². The number of hydrogen-bond donors (Lipinski definition) is 1. The number of fused-ring (bicyclic) bond motifs is 1. The van der Waals surface area contributed by atoms with Crippen molar-refractivity contribution in [2.75, 3.05) is 25.0 Å². The second-order valence-corrected chi connectivity index (χ2v) is 7.94. The molecule has 2 amide bonds. The molecule has 1 aromatic heterocycles. The number of rotatable bonds is 3. The van der Waals surface area contributed by atoms with Crippen LogP contribution in [0.5, 0.6) is 0 Å². The number of anilines is 1. The third kappa shape index (κ3) is 4.20. The molecule has 2 heterocycles. The summed E-state index contributed by atoms with van der Waals surface area (Å²) in [6, 6.07) is 11.9. The van der Waals surface area contributed by atoms with E-state index in [0.29, 0.717) is 21.6 Å². The highest BCUT2D eigenvalue weighted by Gasteiger charge is 2.35. The lowest BCUT2D eigenvalue weighted by atomic mass is 10.0. The van der Waals surface area contributed by atoms with Crippen LogP contribution < -0.4 is 4.90 Å². The van der Waals surface area contributed by atoms with E-state index in [9.17, 15) is 18.4 Å². The Labute approximate surface area is 181 Å². The zero-order valence-electron chi connectivity index (χ0n) is 16.6. The first kappa shape index (κ1) is 21.1. The molecule has 4 rings (SSSR count). The van der Waals surface area contributed by atoms with Gasteiger partial charge in [-0.25, -0.2) is 13.6 Å². The van der Waals surface area contributed by atoms with Gasteiger partial charge in [-0.2, -0.15) is 0 Å². The van der Waals surface area contributed by atoms with Crippen molar-refractivity contribution in [3.8, 4) is 11.1 Å². The number of hydrogen-bond acceptors (Lipinski definition) is 3. The average Bonchev–Trinajstić information content (AvgIpc) is 3.17. The number of alkyl halides is 2. The molecule has 0 aliphatic carbocycles. The van der Waals surface area contributed by atoms with E-state index in [1.165, 1.54) is 11.9 Å². The maximum atomic E-state index is 13.3. The molecule has 1 fully saturated rings. The molecule has 0 unspecified atom stereocenters. The Morgan fingerprint density at radius 1 is 1.10 bits per heavy atom. The minimum absolute atomic E-state index is 0.0352. The Morgan fingerprint density at radius 3 is 2.35 bits per heavy atom. The fourth-order valence-electron chi connectivity index (χ4n) is 3.55. The summed E-state index contributed by atoms with van der Waals surface area (Å²) in [4.78, 5) is 26.1. The van der Waals surface area contributed by atoms with E-state index >= 15 is 0 Å². The van der Waals surface area contributed by atoms with Gasteiger partial charge >= 0.3 is 6.09 Å². The summed E-state index contributed by atoms with van der Waals surface area (Å²) >= 11 is 6.33. The summed E-state index contributed by atoms with van der Waals surface area (Å²) in [5.74, 6) is -2.83. The van der Waals surface area contributed by atoms with Crippen LogP contribution in [0, 0.1) is 0 Å². The number of carbonyl (C=O) groups excluding carboxylic acids is 1. The molecule has 3 aromatic rings. The van der Waals surface area contributed by atoms with Gasteiger partial charge in [0.05, 0.1) is 5.02 Å². The van der Waals surface area contributed by atoms with Crippen molar-refractivity contribution in [3.63, 3.8) is 0 Å². The lowest BCUT2D eigenvalue weighted by Gasteiger charge is -2.31. The van der Waals surface area contributed by atoms with Gasteiger partial charge in [0.15, 0.2) is 5.58 Å². The topological polar surface area (TPSA) is 74.0 Å². The molecule has 9 heteroatoms. The number of carboxylic acid groups (broad SMARTS) is 1. The van der Waals surface area contributed by atoms with E-state index in [1.807, 2.05) is 6.07 Å². The lowest BCUT2D eigenvalue weighted by molar-refractivity contribution is -0.0494. The minimum atomic E-state index is -2.70. The van der Waals surface area contributed by atoms with Crippen molar-refractivity contribution in [1.82, 2.24) is 4.90 Å². The van der Waals surface area contributed by atoms with Crippen LogP contribution >= 0.6 is 11.6 Å². The number of amides is 2. The summed E-state index contributed by atoms with van der Waals surface area (Å²) in [6.07, 6.45) is -1.80. The molecule has 0 bridgehead atoms. The minimum Gasteiger partial charge on any atom is -0.465 e. The molecule has 1 saturated heterocycles. The maximum Gasteiger partial charge on any atom is 0.413 e. The zero-order chi connectivity index (χ0) is 22.3. The Hall–Kier alpha value is -3.13. The van der Waals surface area contributed by atoms with Gasteiger partial charge in [0.25, 0.3) is 11.8 Å². The highest BCUT2D eigenvalue weighted by atomic mass is 35.5. The zero-order valence-corrected chi connectivity index (χ0v) is 17.3. The Morgan fingerprint density at radius 2 is 1.74 bits per heavy atom. The fourth-order valence-corrected chi connectivity index (χ4v) is 3.81. The molecule has 0 atom stereocenters. The van der Waals surface area contributed by atoms with Crippen molar-refractivity contribution in [2.45, 2.75) is 18.8 Å². The summed E-state index contributed by atoms with van der Waals surface area (Å²) in [7, 11) is 1.37. The van der Waals surface area contributed by atoms with Crippen molar-refractivity contribution in [1.29, 1.82) is 0 Å². The number of nitrogens with zero attached hydrogens (tertiary/aromatic N) is 2. The van der Waals surface area contributed by atoms with E-state index < -0.39 is 12.0 Å². The van der Waals surface area contributed by atoms with Crippen LogP contribution in [-0.2, 0) is 0 Å². The van der Waals surface area contributed by atoms with Crippen molar-refractivity contribution < 1.29 is 27.9 Å². The van der Waals surface area contributed by atoms with Crippen molar-refractivity contribution in [3.05, 3.63) is 53.1 Å². The van der Waals surface area contributed by atoms with Crippen LogP contribution in [0.3, 0.4) is 0 Å². The molecular weight excluding hydrogens is 430 g/mol. The van der Waals surface area contributed by atoms with Gasteiger partial charge in [-0.3, -0.25) is 9.69 Å². The van der Waals surface area contributed by atoms with E-state index in [2.05, 4.69) is 0 Å². The second kappa shape index (κ2) is 7.85. The number of carbonyl (C=O) groups is 2. The van der Waals surface area contributed by atoms with Gasteiger partial charge in [0.2, 0.25) is 5.88 Å². The molecule has 0 saturated carbocycles. The number of benzene rings is 2. The van der Waals surface area contributed by atoms with Crippen LogP contribution in [0.1, 0.15) is 23.2 Å². The maximum absolute atomic E-state index is 13.3. The van der Waals surface area contributed by atoms with Crippen molar-refractivity contribution >= 4 is 40.5 Å². The summed E-state index contributed by atoms with van der Waals surface area (Å²) < 4.78 is 32.2. The molecule has 0 radical (unpaired) electrons. The van der Waals surface area contributed by atoms with Gasteiger partial charge in [0.1, 0.15) is 0 Å². The summed E-state index contributed by atoms with van der Waals surface area (Å²) in [5.41, 5.74) is 2.36. The standard InChI is InChI=1S/C22H19ClF2N2O4/c1-26(21(29)30)18-12-16-10-15(11-17(23)19(16)31-18)13-2-4-14(5-3-13)20(28)27-8-6-22(24,25)7-9-27/h2-5,10-12H,6-9H2,1H3,(H,29,30). The fraction of sp³-hybridized carbons (Fsp3) is 0.273. The Balaban J connectivity index is 1.57. The first-order valence-electron chi connectivity index (χ1n) is 9.62. The summed E-state index contributed by atoms with van der Waals surface area (Å²) in [6.45, 7) is 0.0704. The van der Waals surface area contributed by atoms with Gasteiger partial charge in [-0.15, -0.1) is 0 Å². The molecule has 1 N–H and O–H groups in total. The predicted molar refractivity (Wildman–Crippen MR) is 113 cm³/mol. The van der Waals surface area contributed by atoms with E-state index in [-0.39, 0.29) is 37.7 Å². The van der Waals surface area contributed by atoms with Crippen molar-refractivity contribution in [2.24, 2.45) is 0 Å². The molecule has 1 aliphatic heterocycles.